The summed E-state index contributed by atoms with van der Waals surface area (Å²) >= 11 is 3.30. The van der Waals surface area contributed by atoms with E-state index in [2.05, 4.69) is 27.0 Å². The molecule has 1 saturated heterocycles. The molecule has 0 spiro atoms. The number of fused-ring (bicyclic) bond motifs is 3. The van der Waals surface area contributed by atoms with Crippen LogP contribution in [0, 0.1) is 17.1 Å². The molecule has 1 aromatic carbocycles. The van der Waals surface area contributed by atoms with Gasteiger partial charge in [-0.25, -0.2) is 9.18 Å². The number of rotatable bonds is 6. The molecule has 1 fully saturated rings. The molecule has 1 atom stereocenters. The number of amides is 2. The number of pyridine rings is 1. The summed E-state index contributed by atoms with van der Waals surface area (Å²) in [6.07, 6.45) is 1.34. The van der Waals surface area contributed by atoms with Gasteiger partial charge in [0.1, 0.15) is 5.60 Å². The van der Waals surface area contributed by atoms with Crippen molar-refractivity contribution in [3.05, 3.63) is 44.0 Å². The third-order valence-electron chi connectivity index (χ3n) is 6.92. The molecule has 11 heteroatoms. The molecular formula is C28H33BrFN5O4. The zero-order chi connectivity index (χ0) is 28.6. The van der Waals surface area contributed by atoms with Crippen molar-refractivity contribution >= 4 is 49.7 Å². The van der Waals surface area contributed by atoms with Crippen molar-refractivity contribution in [1.29, 1.82) is 5.26 Å². The van der Waals surface area contributed by atoms with Gasteiger partial charge in [0.15, 0.2) is 5.82 Å². The van der Waals surface area contributed by atoms with Gasteiger partial charge in [0, 0.05) is 51.1 Å². The summed E-state index contributed by atoms with van der Waals surface area (Å²) in [5.74, 6) is -0.653. The second-order valence-electron chi connectivity index (χ2n) is 11.1. The van der Waals surface area contributed by atoms with Crippen molar-refractivity contribution in [2.45, 2.75) is 64.5 Å². The topological polar surface area (TPSA) is 111 Å². The van der Waals surface area contributed by atoms with E-state index in [1.165, 1.54) is 4.90 Å². The number of likely N-dealkylation sites (tertiary alicyclic amines) is 1. The van der Waals surface area contributed by atoms with Gasteiger partial charge in [0.25, 0.3) is 5.56 Å². The lowest BCUT2D eigenvalue weighted by molar-refractivity contribution is -0.128. The smallest absolute Gasteiger partial charge is 0.410 e. The zero-order valence-corrected chi connectivity index (χ0v) is 24.4. The number of aryl methyl sites for hydroxylation is 2. The maximum absolute atomic E-state index is 15.5. The number of aromatic nitrogens is 2. The predicted octanol–water partition coefficient (Wildman–Crippen LogP) is 5.04. The van der Waals surface area contributed by atoms with Crippen LogP contribution in [0.2, 0.25) is 0 Å². The van der Waals surface area contributed by atoms with Crippen LogP contribution in [0.1, 0.15) is 57.3 Å². The molecule has 0 aliphatic carbocycles. The number of nitrogens with one attached hydrogen (secondary N) is 1. The van der Waals surface area contributed by atoms with Crippen molar-refractivity contribution in [1.82, 2.24) is 19.4 Å². The third-order valence-corrected chi connectivity index (χ3v) is 7.77. The number of hydrogen-bond donors (Lipinski definition) is 1. The van der Waals surface area contributed by atoms with Crippen molar-refractivity contribution in [2.24, 2.45) is 0 Å². The average Bonchev–Trinajstić information content (AvgIpc) is 3.49. The van der Waals surface area contributed by atoms with Crippen LogP contribution in [0.15, 0.2) is 21.4 Å². The first-order chi connectivity index (χ1) is 18.3. The van der Waals surface area contributed by atoms with Gasteiger partial charge in [-0.15, -0.1) is 0 Å². The highest BCUT2D eigenvalue weighted by Crippen LogP contribution is 2.37. The quantitative estimate of drug-likeness (QED) is 0.425. The Balaban J connectivity index is 1.90. The first-order valence-corrected chi connectivity index (χ1v) is 13.7. The number of carbonyl (C=O) groups excluding carboxylic acids is 2. The van der Waals surface area contributed by atoms with Crippen molar-refractivity contribution in [3.8, 4) is 6.07 Å². The molecule has 1 aliphatic rings. The molecule has 3 heterocycles. The minimum Gasteiger partial charge on any atom is -0.444 e. The normalized spacial score (nSPS) is 15.6. The summed E-state index contributed by atoms with van der Waals surface area (Å²) in [5.41, 5.74) is 0.930. The average molecular weight is 603 g/mol. The summed E-state index contributed by atoms with van der Waals surface area (Å²) in [4.78, 5) is 44.3. The molecule has 0 radical (unpaired) electrons. The van der Waals surface area contributed by atoms with E-state index in [4.69, 9.17) is 10.00 Å². The molecule has 1 aliphatic heterocycles. The lowest BCUT2D eigenvalue weighted by Crippen LogP contribution is -2.35. The SMILES string of the molecule is CN(C)C(=O)CCc1cc2c(=O)[nH]c3c(F)c(Br)c(CCC#N)cc3c2n1C1CCN(C(=O)OC(C)(C)C)C1. The monoisotopic (exact) mass is 601 g/mol. The van der Waals surface area contributed by atoms with Gasteiger partial charge in [-0.05, 0) is 73.7 Å². The van der Waals surface area contributed by atoms with Crippen LogP contribution in [0.4, 0.5) is 9.18 Å². The minimum absolute atomic E-state index is 0.0545. The highest BCUT2D eigenvalue weighted by molar-refractivity contribution is 9.10. The summed E-state index contributed by atoms with van der Waals surface area (Å²) < 4.78 is 23.3. The van der Waals surface area contributed by atoms with E-state index in [9.17, 15) is 14.4 Å². The van der Waals surface area contributed by atoms with E-state index in [0.29, 0.717) is 54.2 Å². The van der Waals surface area contributed by atoms with E-state index >= 15 is 4.39 Å². The number of aromatic amines is 1. The second kappa shape index (κ2) is 11.0. The predicted molar refractivity (Wildman–Crippen MR) is 150 cm³/mol. The molecule has 208 valence electrons. The summed E-state index contributed by atoms with van der Waals surface area (Å²) in [6.45, 7) is 6.25. The molecule has 0 bridgehead atoms. The largest absolute Gasteiger partial charge is 0.444 e. The Labute approximate surface area is 234 Å². The first kappa shape index (κ1) is 28.6. The van der Waals surface area contributed by atoms with E-state index in [-0.39, 0.29) is 34.8 Å². The van der Waals surface area contributed by atoms with Crippen LogP contribution >= 0.6 is 15.9 Å². The van der Waals surface area contributed by atoms with Gasteiger partial charge in [-0.2, -0.15) is 5.26 Å². The molecule has 0 saturated carbocycles. The van der Waals surface area contributed by atoms with Crippen LogP contribution in [-0.4, -0.2) is 64.1 Å². The van der Waals surface area contributed by atoms with Gasteiger partial charge in [0.05, 0.1) is 33.0 Å². The van der Waals surface area contributed by atoms with E-state index in [0.717, 1.165) is 5.69 Å². The van der Waals surface area contributed by atoms with Gasteiger partial charge in [0.2, 0.25) is 5.91 Å². The van der Waals surface area contributed by atoms with Crippen LogP contribution in [0.5, 0.6) is 0 Å². The number of carbonyl (C=O) groups is 2. The Morgan fingerprint density at radius 1 is 1.26 bits per heavy atom. The second-order valence-corrected chi connectivity index (χ2v) is 11.9. The number of ether oxygens (including phenoxy) is 1. The molecule has 1 N–H and O–H groups in total. The lowest BCUT2D eigenvalue weighted by Gasteiger charge is -2.25. The molecule has 4 rings (SSSR count). The highest BCUT2D eigenvalue weighted by Gasteiger charge is 2.33. The fourth-order valence-corrected chi connectivity index (χ4v) is 5.59. The van der Waals surface area contributed by atoms with Gasteiger partial charge in [-0.3, -0.25) is 9.59 Å². The zero-order valence-electron chi connectivity index (χ0n) is 22.9. The van der Waals surface area contributed by atoms with Crippen molar-refractivity contribution < 1.29 is 18.7 Å². The number of nitrogens with zero attached hydrogens (tertiary/aromatic N) is 4. The Bertz CT molecular complexity index is 1550. The van der Waals surface area contributed by atoms with E-state index < -0.39 is 23.1 Å². The van der Waals surface area contributed by atoms with Crippen LogP contribution in [0.25, 0.3) is 21.8 Å². The third kappa shape index (κ3) is 5.81. The summed E-state index contributed by atoms with van der Waals surface area (Å²) in [5, 5.41) is 10.00. The molecule has 9 nitrogen and oxygen atoms in total. The highest BCUT2D eigenvalue weighted by atomic mass is 79.9. The Kier molecular flexibility index (Phi) is 8.07. The molecule has 2 amide bonds. The minimum atomic E-state index is -0.638. The van der Waals surface area contributed by atoms with Crippen LogP contribution < -0.4 is 5.56 Å². The van der Waals surface area contributed by atoms with Crippen LogP contribution in [-0.2, 0) is 22.4 Å². The molecule has 39 heavy (non-hydrogen) atoms. The molecule has 3 aromatic rings. The van der Waals surface area contributed by atoms with Gasteiger partial charge >= 0.3 is 6.09 Å². The lowest BCUT2D eigenvalue weighted by atomic mass is 10.0. The van der Waals surface area contributed by atoms with E-state index in [1.807, 2.05) is 31.4 Å². The number of H-pyrrole nitrogens is 1. The molecule has 1 unspecified atom stereocenters. The van der Waals surface area contributed by atoms with Gasteiger partial charge < -0.3 is 24.1 Å². The summed E-state index contributed by atoms with van der Waals surface area (Å²) in [7, 11) is 3.38. The Hall–Kier alpha value is -3.39. The Morgan fingerprint density at radius 3 is 2.62 bits per heavy atom. The van der Waals surface area contributed by atoms with Gasteiger partial charge in [-0.1, -0.05) is 0 Å². The summed E-state index contributed by atoms with van der Waals surface area (Å²) in [6, 6.07) is 5.46. The van der Waals surface area contributed by atoms with Crippen molar-refractivity contribution in [2.75, 3.05) is 27.2 Å². The van der Waals surface area contributed by atoms with Crippen molar-refractivity contribution in [3.63, 3.8) is 0 Å². The maximum Gasteiger partial charge on any atom is 0.410 e. The molecular weight excluding hydrogens is 569 g/mol. The fourth-order valence-electron chi connectivity index (χ4n) is 5.08. The number of benzene rings is 1. The Morgan fingerprint density at radius 2 is 1.97 bits per heavy atom. The molecule has 2 aromatic heterocycles. The first-order valence-electron chi connectivity index (χ1n) is 12.9. The number of halogens is 2. The standard InChI is InChI=1S/C28H33BrFN5O4/c1-28(2,3)39-27(38)34-12-10-18(15-34)35-17(8-9-21(36)33(4)5)14-20-25(35)19-13-16(7-6-11-31)22(29)23(30)24(19)32-26(20)37/h13-14,18H,6-10,12,15H2,1-5H3,(H,32,37). The maximum atomic E-state index is 15.5. The number of nitriles is 1. The van der Waals surface area contributed by atoms with Crippen LogP contribution in [0.3, 0.4) is 0 Å². The van der Waals surface area contributed by atoms with E-state index in [1.54, 1.807) is 25.1 Å². The number of hydrogen-bond acceptors (Lipinski definition) is 5. The fraction of sp³-hybridized carbons (Fsp3) is 0.500.